The lowest BCUT2D eigenvalue weighted by Crippen LogP contribution is -2.53. The van der Waals surface area contributed by atoms with Gasteiger partial charge in [0.2, 0.25) is 11.8 Å². The van der Waals surface area contributed by atoms with Crippen molar-refractivity contribution >= 4 is 17.7 Å². The van der Waals surface area contributed by atoms with Crippen molar-refractivity contribution in [2.24, 2.45) is 23.2 Å². The second kappa shape index (κ2) is 8.13. The molecule has 0 heterocycles. The van der Waals surface area contributed by atoms with Gasteiger partial charge in [0.1, 0.15) is 5.82 Å². The molecular formula is C22H28FN3O3. The smallest absolute Gasteiger partial charge is 0.272 e. The zero-order valence-corrected chi connectivity index (χ0v) is 16.5. The van der Waals surface area contributed by atoms with Crippen LogP contribution in [0.1, 0.15) is 61.7 Å². The fraction of sp³-hybridized carbons (Fsp3) is 0.591. The molecule has 1 aromatic carbocycles. The average molecular weight is 401 g/mol. The third kappa shape index (κ3) is 4.28. The standard InChI is InChI=1S/C22H28FN3O3/c23-18-5-2-1-4-17(18)20(28)26-25-19(27)6-3-7-24-21(29)22-11-14-8-15(12-22)10-16(9-14)13-22/h1-2,4-5,14-16H,3,6-13H2,(H,24,29)(H,25,27)(H,26,28). The SMILES string of the molecule is O=C(CCCNC(=O)C12CC3CC(CC(C3)C1)C2)NNC(=O)c1ccccc1F. The summed E-state index contributed by atoms with van der Waals surface area (Å²) in [6.45, 7) is 0.440. The van der Waals surface area contributed by atoms with Gasteiger partial charge >= 0.3 is 0 Å². The first-order chi connectivity index (χ1) is 13.9. The van der Waals surface area contributed by atoms with Gasteiger partial charge < -0.3 is 5.32 Å². The number of carbonyl (C=O) groups is 3. The van der Waals surface area contributed by atoms with Crippen LogP contribution < -0.4 is 16.2 Å². The number of hydrogen-bond acceptors (Lipinski definition) is 3. The molecule has 29 heavy (non-hydrogen) atoms. The zero-order valence-electron chi connectivity index (χ0n) is 16.5. The Labute approximate surface area is 170 Å². The van der Waals surface area contributed by atoms with Crippen molar-refractivity contribution in [1.29, 1.82) is 0 Å². The zero-order chi connectivity index (χ0) is 20.4. The maximum absolute atomic E-state index is 13.5. The molecule has 3 N–H and O–H groups in total. The van der Waals surface area contributed by atoms with Gasteiger partial charge in [-0.1, -0.05) is 12.1 Å². The molecule has 0 radical (unpaired) electrons. The van der Waals surface area contributed by atoms with Gasteiger partial charge in [0, 0.05) is 18.4 Å². The van der Waals surface area contributed by atoms with E-state index in [1.807, 2.05) is 0 Å². The molecule has 4 fully saturated rings. The highest BCUT2D eigenvalue weighted by atomic mass is 19.1. The summed E-state index contributed by atoms with van der Waals surface area (Å²) in [5.74, 6) is 0.587. The third-order valence-electron chi connectivity index (χ3n) is 6.82. The monoisotopic (exact) mass is 401 g/mol. The number of hydrazine groups is 1. The molecule has 0 spiro atoms. The van der Waals surface area contributed by atoms with Gasteiger partial charge in [-0.25, -0.2) is 4.39 Å². The van der Waals surface area contributed by atoms with Crippen molar-refractivity contribution < 1.29 is 18.8 Å². The lowest BCUT2D eigenvalue weighted by atomic mass is 9.49. The molecule has 0 unspecified atom stereocenters. The van der Waals surface area contributed by atoms with Crippen molar-refractivity contribution in [3.05, 3.63) is 35.6 Å². The van der Waals surface area contributed by atoms with Crippen molar-refractivity contribution in [3.8, 4) is 0 Å². The van der Waals surface area contributed by atoms with Gasteiger partial charge in [-0.2, -0.15) is 0 Å². The predicted octanol–water partition coefficient (Wildman–Crippen LogP) is 2.70. The van der Waals surface area contributed by atoms with E-state index in [1.165, 1.54) is 37.5 Å². The first-order valence-electron chi connectivity index (χ1n) is 10.6. The summed E-state index contributed by atoms with van der Waals surface area (Å²) in [6.07, 6.45) is 7.61. The van der Waals surface area contributed by atoms with E-state index in [9.17, 15) is 18.8 Å². The first kappa shape index (κ1) is 19.9. The Morgan fingerprint density at radius 1 is 0.966 bits per heavy atom. The van der Waals surface area contributed by atoms with Crippen LogP contribution in [-0.2, 0) is 9.59 Å². The van der Waals surface area contributed by atoms with Crippen molar-refractivity contribution in [3.63, 3.8) is 0 Å². The molecule has 4 aliphatic carbocycles. The van der Waals surface area contributed by atoms with Gasteiger partial charge in [0.15, 0.2) is 0 Å². The Hall–Kier alpha value is -2.44. The lowest BCUT2D eigenvalue weighted by Gasteiger charge is -2.55. The second-order valence-electron chi connectivity index (χ2n) is 9.04. The summed E-state index contributed by atoms with van der Waals surface area (Å²) in [5.41, 5.74) is 4.19. The molecule has 0 saturated heterocycles. The Balaban J connectivity index is 1.16. The summed E-state index contributed by atoms with van der Waals surface area (Å²) in [6, 6.07) is 5.56. The average Bonchev–Trinajstić information content (AvgIpc) is 2.68. The van der Waals surface area contributed by atoms with E-state index in [4.69, 9.17) is 0 Å². The number of rotatable bonds is 6. The number of halogens is 1. The highest BCUT2D eigenvalue weighted by Crippen LogP contribution is 2.60. The minimum absolute atomic E-state index is 0.129. The van der Waals surface area contributed by atoms with Crippen LogP contribution in [0.25, 0.3) is 0 Å². The van der Waals surface area contributed by atoms with Crippen LogP contribution in [0.2, 0.25) is 0 Å². The van der Waals surface area contributed by atoms with E-state index in [0.29, 0.717) is 13.0 Å². The third-order valence-corrected chi connectivity index (χ3v) is 6.82. The molecule has 1 aromatic rings. The van der Waals surface area contributed by atoms with Crippen molar-refractivity contribution in [2.45, 2.75) is 51.4 Å². The summed E-state index contributed by atoms with van der Waals surface area (Å²) in [4.78, 5) is 36.6. The highest BCUT2D eigenvalue weighted by Gasteiger charge is 2.54. The number of hydrogen-bond donors (Lipinski definition) is 3. The summed E-state index contributed by atoms with van der Waals surface area (Å²) in [5, 5.41) is 3.04. The van der Waals surface area contributed by atoms with Crippen molar-refractivity contribution in [1.82, 2.24) is 16.2 Å². The minimum atomic E-state index is -0.702. The van der Waals surface area contributed by atoms with E-state index >= 15 is 0 Å². The largest absolute Gasteiger partial charge is 0.356 e. The maximum atomic E-state index is 13.5. The first-order valence-corrected chi connectivity index (χ1v) is 10.6. The molecule has 156 valence electrons. The quantitative estimate of drug-likeness (QED) is 0.506. The number of benzene rings is 1. The van der Waals surface area contributed by atoms with Gasteiger partial charge in [0.25, 0.3) is 5.91 Å². The predicted molar refractivity (Wildman–Crippen MR) is 105 cm³/mol. The molecule has 0 aliphatic heterocycles. The van der Waals surface area contributed by atoms with Gasteiger partial charge in [-0.15, -0.1) is 0 Å². The molecule has 3 amide bonds. The van der Waals surface area contributed by atoms with Crippen LogP contribution in [-0.4, -0.2) is 24.3 Å². The molecule has 0 atom stereocenters. The van der Waals surface area contributed by atoms with Crippen LogP contribution in [0, 0.1) is 29.0 Å². The van der Waals surface area contributed by atoms with E-state index < -0.39 is 11.7 Å². The Morgan fingerprint density at radius 2 is 1.59 bits per heavy atom. The Bertz CT molecular complexity index is 775. The topological polar surface area (TPSA) is 87.3 Å². The van der Waals surface area contributed by atoms with Crippen LogP contribution in [0.5, 0.6) is 0 Å². The van der Waals surface area contributed by atoms with Crippen molar-refractivity contribution in [2.75, 3.05) is 6.54 Å². The van der Waals surface area contributed by atoms with Gasteiger partial charge in [0.05, 0.1) is 5.56 Å². The molecule has 6 nitrogen and oxygen atoms in total. The summed E-state index contributed by atoms with van der Waals surface area (Å²) < 4.78 is 13.5. The van der Waals surface area contributed by atoms with Crippen LogP contribution in [0.15, 0.2) is 24.3 Å². The molecule has 4 saturated carbocycles. The van der Waals surface area contributed by atoms with Crippen LogP contribution in [0.4, 0.5) is 4.39 Å². The summed E-state index contributed by atoms with van der Waals surface area (Å²) in [7, 11) is 0. The number of nitrogens with one attached hydrogen (secondary N) is 3. The Morgan fingerprint density at radius 3 is 2.21 bits per heavy atom. The van der Waals surface area contributed by atoms with Gasteiger partial charge in [-0.05, 0) is 74.8 Å². The summed E-state index contributed by atoms with van der Waals surface area (Å²) >= 11 is 0. The maximum Gasteiger partial charge on any atom is 0.272 e. The van der Waals surface area contributed by atoms with Gasteiger partial charge in [-0.3, -0.25) is 25.2 Å². The van der Waals surface area contributed by atoms with Crippen LogP contribution >= 0.6 is 0 Å². The molecule has 4 aliphatic rings. The fourth-order valence-electron chi connectivity index (χ4n) is 5.93. The van der Waals surface area contributed by atoms with E-state index in [2.05, 4.69) is 16.2 Å². The minimum Gasteiger partial charge on any atom is -0.356 e. The van der Waals surface area contributed by atoms with E-state index in [0.717, 1.165) is 37.0 Å². The molecule has 4 bridgehead atoms. The van der Waals surface area contributed by atoms with Crippen LogP contribution in [0.3, 0.4) is 0 Å². The Kier molecular flexibility index (Phi) is 5.56. The molecule has 7 heteroatoms. The number of amides is 3. The second-order valence-corrected chi connectivity index (χ2v) is 9.04. The molecule has 5 rings (SSSR count). The normalized spacial score (nSPS) is 29.3. The van der Waals surface area contributed by atoms with E-state index in [1.54, 1.807) is 6.07 Å². The number of carbonyl (C=O) groups excluding carboxylic acids is 3. The molecular weight excluding hydrogens is 373 g/mol. The lowest BCUT2D eigenvalue weighted by molar-refractivity contribution is -0.146. The fourth-order valence-corrected chi connectivity index (χ4v) is 5.93. The van der Waals surface area contributed by atoms with E-state index in [-0.39, 0.29) is 29.2 Å². The highest BCUT2D eigenvalue weighted by molar-refractivity contribution is 5.95. The molecule has 0 aromatic heterocycles.